The normalized spacial score (nSPS) is 32.1. The average Bonchev–Trinajstić information content (AvgIpc) is 2.76. The quantitative estimate of drug-likeness (QED) is 0.741. The molecule has 2 saturated heterocycles. The summed E-state index contributed by atoms with van der Waals surface area (Å²) in [6, 6.07) is 0.428. The fourth-order valence-corrected chi connectivity index (χ4v) is 2.46. The Kier molecular flexibility index (Phi) is 3.63. The van der Waals surface area contributed by atoms with Crippen molar-refractivity contribution in [3.63, 3.8) is 0 Å². The predicted octanol–water partition coefficient (Wildman–Crippen LogP) is 0.621. The number of nitrogens with zero attached hydrogens (tertiary/aromatic N) is 1. The van der Waals surface area contributed by atoms with Gasteiger partial charge in [0.1, 0.15) is 6.10 Å². The molecule has 2 fully saturated rings. The molecule has 6 heteroatoms. The Morgan fingerprint density at radius 1 is 1.53 bits per heavy atom. The maximum atomic E-state index is 12.9. The van der Waals surface area contributed by atoms with Gasteiger partial charge >= 0.3 is 11.9 Å². The lowest BCUT2D eigenvalue weighted by Gasteiger charge is -2.23. The van der Waals surface area contributed by atoms with E-state index in [9.17, 15) is 13.6 Å². The highest BCUT2D eigenvalue weighted by atomic mass is 19.3. The number of alkyl halides is 2. The van der Waals surface area contributed by atoms with Gasteiger partial charge in [-0.1, -0.05) is 0 Å². The minimum absolute atomic E-state index is 0.375. The number of nitrogens with one attached hydrogen (secondary N) is 1. The van der Waals surface area contributed by atoms with Crippen molar-refractivity contribution in [1.82, 2.24) is 10.2 Å². The minimum atomic E-state index is -3.29. The molecule has 0 aromatic heterocycles. The first-order chi connectivity index (χ1) is 7.97. The van der Waals surface area contributed by atoms with E-state index in [1.54, 1.807) is 0 Å². The molecular weight excluding hydrogens is 230 g/mol. The molecule has 0 amide bonds. The van der Waals surface area contributed by atoms with Gasteiger partial charge in [-0.2, -0.15) is 8.78 Å². The van der Waals surface area contributed by atoms with E-state index in [1.807, 2.05) is 11.9 Å². The Bertz CT molecular complexity index is 293. The van der Waals surface area contributed by atoms with Crippen LogP contribution in [0.15, 0.2) is 0 Å². The van der Waals surface area contributed by atoms with Gasteiger partial charge in [-0.05, 0) is 26.4 Å². The summed E-state index contributed by atoms with van der Waals surface area (Å²) in [5.74, 6) is -4.67. The van der Waals surface area contributed by atoms with Crippen LogP contribution in [-0.4, -0.2) is 55.6 Å². The second-order valence-electron chi connectivity index (χ2n) is 4.95. The van der Waals surface area contributed by atoms with Gasteiger partial charge in [0.05, 0.1) is 6.42 Å². The van der Waals surface area contributed by atoms with Crippen molar-refractivity contribution in [2.24, 2.45) is 0 Å². The first-order valence-electron chi connectivity index (χ1n) is 5.98. The Morgan fingerprint density at radius 3 is 2.82 bits per heavy atom. The van der Waals surface area contributed by atoms with Crippen molar-refractivity contribution >= 4 is 5.97 Å². The zero-order valence-electron chi connectivity index (χ0n) is 9.92. The molecule has 0 bridgehead atoms. The Labute approximate surface area is 99.3 Å². The number of carbonyl (C=O) groups is 1. The van der Waals surface area contributed by atoms with Gasteiger partial charge in [-0.25, -0.2) is 4.79 Å². The van der Waals surface area contributed by atoms with Crippen LogP contribution in [0.3, 0.4) is 0 Å². The monoisotopic (exact) mass is 248 g/mol. The molecule has 0 spiro atoms. The van der Waals surface area contributed by atoms with Crippen molar-refractivity contribution in [2.45, 2.75) is 37.3 Å². The molecular formula is C11H18F2N2O2. The van der Waals surface area contributed by atoms with E-state index >= 15 is 0 Å². The van der Waals surface area contributed by atoms with E-state index in [0.29, 0.717) is 12.6 Å². The van der Waals surface area contributed by atoms with Gasteiger partial charge in [0, 0.05) is 19.1 Å². The van der Waals surface area contributed by atoms with Gasteiger partial charge in [-0.15, -0.1) is 0 Å². The Balaban J connectivity index is 1.75. The van der Waals surface area contributed by atoms with E-state index in [2.05, 4.69) is 10.1 Å². The summed E-state index contributed by atoms with van der Waals surface area (Å²) in [4.78, 5) is 12.8. The van der Waals surface area contributed by atoms with Gasteiger partial charge in [0.2, 0.25) is 0 Å². The molecule has 1 N–H and O–H groups in total. The molecule has 0 aromatic rings. The molecule has 0 saturated carbocycles. The molecule has 0 aliphatic carbocycles. The summed E-state index contributed by atoms with van der Waals surface area (Å²) in [6.07, 6.45) is 1.11. The summed E-state index contributed by atoms with van der Waals surface area (Å²) in [5.41, 5.74) is 0. The molecule has 0 radical (unpaired) electrons. The van der Waals surface area contributed by atoms with Crippen LogP contribution in [0.4, 0.5) is 8.78 Å². The third kappa shape index (κ3) is 3.13. The van der Waals surface area contributed by atoms with Gasteiger partial charge in [0.15, 0.2) is 0 Å². The van der Waals surface area contributed by atoms with Crippen LogP contribution >= 0.6 is 0 Å². The van der Waals surface area contributed by atoms with Crippen LogP contribution < -0.4 is 5.32 Å². The fourth-order valence-electron chi connectivity index (χ4n) is 2.46. The number of hydrogen-bond donors (Lipinski definition) is 1. The third-order valence-corrected chi connectivity index (χ3v) is 3.27. The minimum Gasteiger partial charge on any atom is -0.456 e. The fraction of sp³-hybridized carbons (Fsp3) is 0.909. The summed E-state index contributed by atoms with van der Waals surface area (Å²) in [5, 5.41) is 3.34. The number of carbonyl (C=O) groups excluding carboxylic acids is 1. The summed E-state index contributed by atoms with van der Waals surface area (Å²) >= 11 is 0. The van der Waals surface area contributed by atoms with Crippen molar-refractivity contribution in [1.29, 1.82) is 0 Å². The number of cyclic esters (lactones) is 1. The van der Waals surface area contributed by atoms with Gasteiger partial charge in [0.25, 0.3) is 0 Å². The van der Waals surface area contributed by atoms with Gasteiger partial charge < -0.3 is 15.0 Å². The number of rotatable bonds is 4. The lowest BCUT2D eigenvalue weighted by Crippen LogP contribution is -2.39. The molecule has 4 nitrogen and oxygen atoms in total. The van der Waals surface area contributed by atoms with Crippen LogP contribution in [0.1, 0.15) is 19.3 Å². The van der Waals surface area contributed by atoms with E-state index < -0.39 is 24.4 Å². The number of esters is 1. The molecule has 0 aromatic carbocycles. The lowest BCUT2D eigenvalue weighted by atomic mass is 10.1. The van der Waals surface area contributed by atoms with E-state index in [-0.39, 0.29) is 0 Å². The summed E-state index contributed by atoms with van der Waals surface area (Å²) < 4.78 is 30.5. The molecule has 2 unspecified atom stereocenters. The number of ether oxygens (including phenoxy) is 1. The molecule has 2 aliphatic heterocycles. The second kappa shape index (κ2) is 4.86. The zero-order chi connectivity index (χ0) is 12.5. The van der Waals surface area contributed by atoms with Crippen LogP contribution in [0.5, 0.6) is 0 Å². The number of likely N-dealkylation sites (N-methyl/N-ethyl adjacent to an activating group) is 1. The van der Waals surface area contributed by atoms with E-state index in [1.165, 1.54) is 0 Å². The van der Waals surface area contributed by atoms with Crippen LogP contribution in [0.25, 0.3) is 0 Å². The van der Waals surface area contributed by atoms with Gasteiger partial charge in [-0.3, -0.25) is 0 Å². The highest BCUT2D eigenvalue weighted by Crippen LogP contribution is 2.31. The topological polar surface area (TPSA) is 41.6 Å². The average molecular weight is 248 g/mol. The van der Waals surface area contributed by atoms with Crippen molar-refractivity contribution in [3.05, 3.63) is 0 Å². The van der Waals surface area contributed by atoms with Crippen molar-refractivity contribution in [3.8, 4) is 0 Å². The molecule has 98 valence electrons. The van der Waals surface area contributed by atoms with Crippen LogP contribution in [-0.2, 0) is 9.53 Å². The highest BCUT2D eigenvalue weighted by Gasteiger charge is 2.50. The first kappa shape index (κ1) is 12.7. The van der Waals surface area contributed by atoms with Crippen LogP contribution in [0.2, 0.25) is 0 Å². The maximum absolute atomic E-state index is 12.9. The number of hydrogen-bond acceptors (Lipinski definition) is 4. The standard InChI is InChI=1S/C11H18F2N2O2/c1-15(6-8-3-2-4-14-8)7-9-5-11(12,13)10(16)17-9/h8-9,14H,2-7H2,1H3. The van der Waals surface area contributed by atoms with E-state index in [4.69, 9.17) is 0 Å². The lowest BCUT2D eigenvalue weighted by molar-refractivity contribution is -0.159. The molecule has 2 rings (SSSR count). The highest BCUT2D eigenvalue weighted by molar-refractivity contribution is 5.79. The SMILES string of the molecule is CN(CC1CCCN1)CC1CC(F)(F)C(=O)O1. The van der Waals surface area contributed by atoms with E-state index in [0.717, 1.165) is 25.9 Å². The molecule has 2 atom stereocenters. The van der Waals surface area contributed by atoms with Crippen molar-refractivity contribution < 1.29 is 18.3 Å². The predicted molar refractivity (Wildman–Crippen MR) is 58.0 cm³/mol. The Morgan fingerprint density at radius 2 is 2.29 bits per heavy atom. The first-order valence-corrected chi connectivity index (χ1v) is 5.98. The van der Waals surface area contributed by atoms with Crippen molar-refractivity contribution in [2.75, 3.05) is 26.7 Å². The largest absolute Gasteiger partial charge is 0.456 e. The molecule has 2 aliphatic rings. The maximum Gasteiger partial charge on any atom is 0.377 e. The second-order valence-corrected chi connectivity index (χ2v) is 4.95. The Hall–Kier alpha value is -0.750. The molecule has 2 heterocycles. The summed E-state index contributed by atoms with van der Waals surface area (Å²) in [7, 11) is 1.87. The smallest absolute Gasteiger partial charge is 0.377 e. The summed E-state index contributed by atoms with van der Waals surface area (Å²) in [6.45, 7) is 2.20. The third-order valence-electron chi connectivity index (χ3n) is 3.27. The number of halogens is 2. The molecule has 17 heavy (non-hydrogen) atoms. The van der Waals surface area contributed by atoms with Crippen LogP contribution in [0, 0.1) is 0 Å². The zero-order valence-corrected chi connectivity index (χ0v) is 9.92.